The first-order valence-corrected chi connectivity index (χ1v) is 9.23. The number of amides is 1. The number of carbonyl (C=O) groups excluding carboxylic acids is 2. The standard InChI is InChI=1S/C18H24N2O4.C2H6/c1-13(18(22)24-16-4-2-3-5-16)19-12-15-8-6-14(7-9-15)10-11-17(21)20-23;1-2/h6-11,13,16,19,23H,2-5,12H2,1H3,(H,20,21);1-2H3/b11-10+;. The molecule has 2 rings (SSSR count). The van der Waals surface area contributed by atoms with Crippen molar-refractivity contribution in [3.8, 4) is 0 Å². The van der Waals surface area contributed by atoms with E-state index in [-0.39, 0.29) is 18.1 Å². The molecule has 1 amide bonds. The molecule has 1 aromatic rings. The Balaban J connectivity index is 0.00000163. The summed E-state index contributed by atoms with van der Waals surface area (Å²) in [5.74, 6) is -0.771. The molecule has 1 aliphatic rings. The van der Waals surface area contributed by atoms with E-state index in [0.29, 0.717) is 6.54 Å². The minimum atomic E-state index is -0.574. The fourth-order valence-electron chi connectivity index (χ4n) is 2.58. The third-order valence-electron chi connectivity index (χ3n) is 4.07. The Morgan fingerprint density at radius 2 is 1.85 bits per heavy atom. The summed E-state index contributed by atoms with van der Waals surface area (Å²) in [5.41, 5.74) is 3.41. The highest BCUT2D eigenvalue weighted by atomic mass is 16.5. The maximum absolute atomic E-state index is 12.0. The summed E-state index contributed by atoms with van der Waals surface area (Å²) in [5, 5.41) is 11.6. The van der Waals surface area contributed by atoms with Crippen molar-refractivity contribution in [1.82, 2.24) is 10.8 Å². The highest BCUT2D eigenvalue weighted by Crippen LogP contribution is 2.21. The molecule has 0 heterocycles. The molecule has 1 saturated carbocycles. The van der Waals surface area contributed by atoms with Crippen LogP contribution in [-0.4, -0.2) is 29.2 Å². The van der Waals surface area contributed by atoms with Crippen molar-refractivity contribution in [3.05, 3.63) is 41.5 Å². The van der Waals surface area contributed by atoms with Crippen molar-refractivity contribution >= 4 is 18.0 Å². The molecule has 3 N–H and O–H groups in total. The van der Waals surface area contributed by atoms with E-state index in [2.05, 4.69) is 5.32 Å². The lowest BCUT2D eigenvalue weighted by molar-refractivity contribution is -0.150. The second kappa shape index (κ2) is 12.2. The molecule has 1 unspecified atom stereocenters. The number of nitrogens with one attached hydrogen (secondary N) is 2. The van der Waals surface area contributed by atoms with Gasteiger partial charge in [0.05, 0.1) is 0 Å². The normalized spacial score (nSPS) is 15.2. The van der Waals surface area contributed by atoms with E-state index in [0.717, 1.165) is 36.8 Å². The number of hydrogen-bond acceptors (Lipinski definition) is 5. The Hall–Kier alpha value is -2.18. The second-order valence-electron chi connectivity index (χ2n) is 6.00. The van der Waals surface area contributed by atoms with E-state index >= 15 is 0 Å². The van der Waals surface area contributed by atoms with Crippen LogP contribution < -0.4 is 10.8 Å². The minimum Gasteiger partial charge on any atom is -0.461 e. The van der Waals surface area contributed by atoms with E-state index in [1.54, 1.807) is 6.08 Å². The second-order valence-corrected chi connectivity index (χ2v) is 6.00. The first-order valence-electron chi connectivity index (χ1n) is 9.23. The monoisotopic (exact) mass is 362 g/mol. The van der Waals surface area contributed by atoms with Gasteiger partial charge < -0.3 is 10.1 Å². The molecular formula is C20H30N2O4. The van der Waals surface area contributed by atoms with E-state index in [1.807, 2.05) is 45.0 Å². The predicted octanol–water partition coefficient (Wildman–Crippen LogP) is 3.20. The molecule has 1 aromatic carbocycles. The van der Waals surface area contributed by atoms with Crippen LogP contribution in [0.4, 0.5) is 0 Å². The number of carbonyl (C=O) groups is 2. The van der Waals surface area contributed by atoms with E-state index in [9.17, 15) is 9.59 Å². The molecule has 1 atom stereocenters. The van der Waals surface area contributed by atoms with Gasteiger partial charge in [-0.15, -0.1) is 0 Å². The number of benzene rings is 1. The summed E-state index contributed by atoms with van der Waals surface area (Å²) >= 11 is 0. The molecule has 0 saturated heterocycles. The van der Waals surface area contributed by atoms with Crippen LogP contribution in [0.3, 0.4) is 0 Å². The minimum absolute atomic E-state index is 0.0870. The number of esters is 1. The quantitative estimate of drug-likeness (QED) is 0.300. The number of ether oxygens (including phenoxy) is 1. The summed E-state index contributed by atoms with van der Waals surface area (Å²) in [6.07, 6.45) is 7.16. The Kier molecular flexibility index (Phi) is 10.3. The average Bonchev–Trinajstić information content (AvgIpc) is 3.19. The summed E-state index contributed by atoms with van der Waals surface area (Å²) in [7, 11) is 0. The zero-order chi connectivity index (χ0) is 19.4. The molecule has 6 nitrogen and oxygen atoms in total. The van der Waals surface area contributed by atoms with Gasteiger partial charge in [0.2, 0.25) is 0 Å². The first-order chi connectivity index (χ1) is 12.6. The predicted molar refractivity (Wildman–Crippen MR) is 101 cm³/mol. The van der Waals surface area contributed by atoms with Crippen molar-refractivity contribution in [3.63, 3.8) is 0 Å². The fraction of sp³-hybridized carbons (Fsp3) is 0.500. The van der Waals surface area contributed by atoms with E-state index in [4.69, 9.17) is 9.94 Å². The smallest absolute Gasteiger partial charge is 0.323 e. The fourth-order valence-corrected chi connectivity index (χ4v) is 2.58. The van der Waals surface area contributed by atoms with Crippen molar-refractivity contribution in [2.75, 3.05) is 0 Å². The SMILES string of the molecule is CC.CC(NCc1ccc(/C=C/C(=O)NO)cc1)C(=O)OC1CCCC1. The van der Waals surface area contributed by atoms with E-state index < -0.39 is 5.91 Å². The van der Waals surface area contributed by atoms with Gasteiger partial charge in [-0.1, -0.05) is 38.1 Å². The first kappa shape index (κ1) is 21.9. The number of hydrogen-bond donors (Lipinski definition) is 3. The molecule has 0 radical (unpaired) electrons. The van der Waals surface area contributed by atoms with Gasteiger partial charge in [0.25, 0.3) is 5.91 Å². The Morgan fingerprint density at radius 1 is 1.23 bits per heavy atom. The van der Waals surface area contributed by atoms with Gasteiger partial charge in [-0.2, -0.15) is 0 Å². The molecule has 1 aliphatic carbocycles. The highest BCUT2D eigenvalue weighted by molar-refractivity contribution is 5.90. The average molecular weight is 362 g/mol. The van der Waals surface area contributed by atoms with Crippen molar-refractivity contribution in [1.29, 1.82) is 0 Å². The third kappa shape index (κ3) is 7.80. The maximum Gasteiger partial charge on any atom is 0.323 e. The molecule has 6 heteroatoms. The Bertz CT molecular complexity index is 578. The van der Waals surface area contributed by atoms with Gasteiger partial charge in [0.1, 0.15) is 12.1 Å². The lowest BCUT2D eigenvalue weighted by Gasteiger charge is -2.17. The summed E-state index contributed by atoms with van der Waals surface area (Å²) in [6.45, 7) is 6.37. The van der Waals surface area contributed by atoms with Crippen molar-refractivity contribution in [2.24, 2.45) is 0 Å². The molecular weight excluding hydrogens is 332 g/mol. The van der Waals surface area contributed by atoms with Crippen LogP contribution in [0.5, 0.6) is 0 Å². The van der Waals surface area contributed by atoms with Crippen molar-refractivity contribution < 1.29 is 19.5 Å². The maximum atomic E-state index is 12.0. The third-order valence-corrected chi connectivity index (χ3v) is 4.07. The number of hydroxylamine groups is 1. The number of rotatable bonds is 7. The zero-order valence-electron chi connectivity index (χ0n) is 15.8. The molecule has 0 bridgehead atoms. The van der Waals surface area contributed by atoms with Crippen LogP contribution in [0.1, 0.15) is 57.6 Å². The molecule has 0 aliphatic heterocycles. The lowest BCUT2D eigenvalue weighted by Crippen LogP contribution is -2.36. The summed E-state index contributed by atoms with van der Waals surface area (Å²) in [6, 6.07) is 7.20. The van der Waals surface area contributed by atoms with Crippen LogP contribution in [0.2, 0.25) is 0 Å². The topological polar surface area (TPSA) is 87.7 Å². The van der Waals surface area contributed by atoms with Gasteiger partial charge in [-0.05, 0) is 49.8 Å². The van der Waals surface area contributed by atoms with Crippen LogP contribution in [0.15, 0.2) is 30.3 Å². The molecule has 0 spiro atoms. The largest absolute Gasteiger partial charge is 0.461 e. The van der Waals surface area contributed by atoms with Gasteiger partial charge in [0, 0.05) is 12.6 Å². The van der Waals surface area contributed by atoms with E-state index in [1.165, 1.54) is 11.6 Å². The van der Waals surface area contributed by atoms with Crippen LogP contribution in [-0.2, 0) is 20.9 Å². The Morgan fingerprint density at radius 3 is 2.42 bits per heavy atom. The van der Waals surface area contributed by atoms with Crippen LogP contribution >= 0.6 is 0 Å². The van der Waals surface area contributed by atoms with Gasteiger partial charge >= 0.3 is 5.97 Å². The molecule has 0 aromatic heterocycles. The molecule has 26 heavy (non-hydrogen) atoms. The van der Waals surface area contributed by atoms with Crippen LogP contribution in [0.25, 0.3) is 6.08 Å². The zero-order valence-corrected chi connectivity index (χ0v) is 15.8. The molecule has 1 fully saturated rings. The molecule has 144 valence electrons. The summed E-state index contributed by atoms with van der Waals surface area (Å²) < 4.78 is 5.48. The van der Waals surface area contributed by atoms with Crippen molar-refractivity contribution in [2.45, 2.75) is 65.1 Å². The lowest BCUT2D eigenvalue weighted by atomic mass is 10.1. The van der Waals surface area contributed by atoms with Gasteiger partial charge in [-0.3, -0.25) is 14.8 Å². The highest BCUT2D eigenvalue weighted by Gasteiger charge is 2.22. The van der Waals surface area contributed by atoms with Gasteiger partial charge in [0.15, 0.2) is 0 Å². The van der Waals surface area contributed by atoms with Gasteiger partial charge in [-0.25, -0.2) is 5.48 Å². The Labute approximate surface area is 155 Å². The van der Waals surface area contributed by atoms with Crippen LogP contribution in [0, 0.1) is 0 Å². The summed E-state index contributed by atoms with van der Waals surface area (Å²) in [4.78, 5) is 22.9.